The molecular formula is C26H34N4O5. The molecule has 0 saturated carbocycles. The van der Waals surface area contributed by atoms with E-state index in [2.05, 4.69) is 10.3 Å². The predicted octanol–water partition coefficient (Wildman–Crippen LogP) is 4.05. The number of hydrogen-bond acceptors (Lipinski definition) is 6. The van der Waals surface area contributed by atoms with E-state index in [-0.39, 0.29) is 19.2 Å². The minimum Gasteiger partial charge on any atom is -0.445 e. The van der Waals surface area contributed by atoms with Crippen molar-refractivity contribution in [2.75, 3.05) is 37.6 Å². The maximum atomic E-state index is 12.6. The summed E-state index contributed by atoms with van der Waals surface area (Å²) in [7, 11) is 0. The van der Waals surface area contributed by atoms with E-state index in [1.165, 1.54) is 0 Å². The quantitative estimate of drug-likeness (QED) is 0.647. The zero-order chi connectivity index (χ0) is 25.4. The standard InChI is InChI=1S/C26H34N4O5/c1-5-30(25(33)35-26(2,3)4)27-23(31)21-11-13-22(14-12-21)28-15-17-29(18-16-28)24(32)34-19-20-9-7-6-8-10-20/h6-14H,5,15-19H2,1-4H3,(H,27,31). The largest absolute Gasteiger partial charge is 0.445 e. The molecule has 0 radical (unpaired) electrons. The second kappa shape index (κ2) is 11.6. The Labute approximate surface area is 206 Å². The van der Waals surface area contributed by atoms with Gasteiger partial charge in [-0.3, -0.25) is 10.2 Å². The Morgan fingerprint density at radius 1 is 0.943 bits per heavy atom. The Morgan fingerprint density at radius 3 is 2.14 bits per heavy atom. The molecule has 1 fully saturated rings. The van der Waals surface area contributed by atoms with Crippen molar-refractivity contribution in [3.05, 3.63) is 65.7 Å². The van der Waals surface area contributed by atoms with E-state index in [9.17, 15) is 14.4 Å². The molecule has 0 bridgehead atoms. The van der Waals surface area contributed by atoms with Crippen LogP contribution in [0.5, 0.6) is 0 Å². The minimum absolute atomic E-state index is 0.257. The van der Waals surface area contributed by atoms with Gasteiger partial charge in [-0.1, -0.05) is 30.3 Å². The van der Waals surface area contributed by atoms with Crippen molar-refractivity contribution in [1.29, 1.82) is 0 Å². The maximum Gasteiger partial charge on any atom is 0.429 e. The number of carbonyl (C=O) groups excluding carboxylic acids is 3. The van der Waals surface area contributed by atoms with E-state index >= 15 is 0 Å². The zero-order valence-electron chi connectivity index (χ0n) is 20.8. The number of ether oxygens (including phenoxy) is 2. The van der Waals surface area contributed by atoms with E-state index in [0.29, 0.717) is 31.7 Å². The predicted molar refractivity (Wildman–Crippen MR) is 133 cm³/mol. The molecule has 188 valence electrons. The van der Waals surface area contributed by atoms with Gasteiger partial charge in [0.15, 0.2) is 0 Å². The van der Waals surface area contributed by atoms with Crippen LogP contribution in [0.15, 0.2) is 54.6 Å². The second-order valence-electron chi connectivity index (χ2n) is 9.23. The van der Waals surface area contributed by atoms with Gasteiger partial charge in [-0.05, 0) is 57.5 Å². The Balaban J connectivity index is 1.48. The Kier molecular flexibility index (Phi) is 8.57. The van der Waals surface area contributed by atoms with E-state index < -0.39 is 17.6 Å². The third-order valence-corrected chi connectivity index (χ3v) is 5.40. The fourth-order valence-corrected chi connectivity index (χ4v) is 3.54. The molecule has 1 aliphatic rings. The molecule has 0 atom stereocenters. The molecule has 9 heteroatoms. The average molecular weight is 483 g/mol. The van der Waals surface area contributed by atoms with Crippen molar-refractivity contribution in [3.8, 4) is 0 Å². The van der Waals surface area contributed by atoms with Crippen LogP contribution in [0.2, 0.25) is 0 Å². The molecule has 0 unspecified atom stereocenters. The van der Waals surface area contributed by atoms with Gasteiger partial charge in [0.1, 0.15) is 12.2 Å². The molecule has 1 aliphatic heterocycles. The van der Waals surface area contributed by atoms with Gasteiger partial charge < -0.3 is 19.3 Å². The van der Waals surface area contributed by atoms with E-state index in [4.69, 9.17) is 9.47 Å². The Morgan fingerprint density at radius 2 is 1.57 bits per heavy atom. The smallest absolute Gasteiger partial charge is 0.429 e. The van der Waals surface area contributed by atoms with Gasteiger partial charge in [0.05, 0.1) is 0 Å². The summed E-state index contributed by atoms with van der Waals surface area (Å²) < 4.78 is 10.7. The lowest BCUT2D eigenvalue weighted by Gasteiger charge is -2.35. The lowest BCUT2D eigenvalue weighted by atomic mass is 10.1. The van der Waals surface area contributed by atoms with Crippen LogP contribution in [0, 0.1) is 0 Å². The first kappa shape index (κ1) is 25.9. The van der Waals surface area contributed by atoms with Crippen LogP contribution >= 0.6 is 0 Å². The number of benzene rings is 2. The zero-order valence-corrected chi connectivity index (χ0v) is 20.8. The molecule has 1 saturated heterocycles. The summed E-state index contributed by atoms with van der Waals surface area (Å²) in [5.74, 6) is -0.393. The van der Waals surface area contributed by atoms with Gasteiger partial charge in [-0.2, -0.15) is 0 Å². The van der Waals surface area contributed by atoms with Crippen LogP contribution in [-0.2, 0) is 16.1 Å². The highest BCUT2D eigenvalue weighted by molar-refractivity contribution is 5.95. The van der Waals surface area contributed by atoms with E-state index in [1.54, 1.807) is 44.7 Å². The number of hydrazine groups is 1. The van der Waals surface area contributed by atoms with Gasteiger partial charge in [0.25, 0.3) is 5.91 Å². The fraction of sp³-hybridized carbons (Fsp3) is 0.423. The van der Waals surface area contributed by atoms with Crippen LogP contribution < -0.4 is 10.3 Å². The summed E-state index contributed by atoms with van der Waals surface area (Å²) in [6.45, 7) is 10.0. The first-order chi connectivity index (χ1) is 16.7. The van der Waals surface area contributed by atoms with Crippen molar-refractivity contribution in [1.82, 2.24) is 15.3 Å². The van der Waals surface area contributed by atoms with Crippen LogP contribution in [-0.4, -0.2) is 66.3 Å². The first-order valence-electron chi connectivity index (χ1n) is 11.8. The van der Waals surface area contributed by atoms with E-state index in [0.717, 1.165) is 16.3 Å². The van der Waals surface area contributed by atoms with Crippen molar-refractivity contribution in [2.24, 2.45) is 0 Å². The van der Waals surface area contributed by atoms with Crippen LogP contribution in [0.25, 0.3) is 0 Å². The molecule has 35 heavy (non-hydrogen) atoms. The number of piperazine rings is 1. The van der Waals surface area contributed by atoms with Crippen LogP contribution in [0.1, 0.15) is 43.6 Å². The number of nitrogens with zero attached hydrogens (tertiary/aromatic N) is 3. The summed E-state index contributed by atoms with van der Waals surface area (Å²) in [6, 6.07) is 16.8. The van der Waals surface area contributed by atoms with Gasteiger partial charge in [-0.25, -0.2) is 14.6 Å². The number of rotatable bonds is 5. The molecular weight excluding hydrogens is 448 g/mol. The van der Waals surface area contributed by atoms with Gasteiger partial charge >= 0.3 is 12.2 Å². The molecule has 9 nitrogen and oxygen atoms in total. The Bertz CT molecular complexity index is 997. The summed E-state index contributed by atoms with van der Waals surface area (Å²) in [6.07, 6.45) is -0.920. The number of nitrogens with one attached hydrogen (secondary N) is 1. The van der Waals surface area contributed by atoms with Crippen molar-refractivity contribution in [2.45, 2.75) is 39.9 Å². The SMILES string of the molecule is CCN(NC(=O)c1ccc(N2CCN(C(=O)OCc3ccccc3)CC2)cc1)C(=O)OC(C)(C)C. The highest BCUT2D eigenvalue weighted by Crippen LogP contribution is 2.18. The maximum absolute atomic E-state index is 12.6. The molecule has 0 spiro atoms. The molecule has 2 aromatic carbocycles. The lowest BCUT2D eigenvalue weighted by Crippen LogP contribution is -2.49. The highest BCUT2D eigenvalue weighted by atomic mass is 16.6. The van der Waals surface area contributed by atoms with Crippen molar-refractivity contribution in [3.63, 3.8) is 0 Å². The lowest BCUT2D eigenvalue weighted by molar-refractivity contribution is 0.0146. The van der Waals surface area contributed by atoms with Crippen molar-refractivity contribution >= 4 is 23.8 Å². The van der Waals surface area contributed by atoms with Gasteiger partial charge in [-0.15, -0.1) is 0 Å². The average Bonchev–Trinajstić information content (AvgIpc) is 2.85. The molecule has 3 amide bonds. The highest BCUT2D eigenvalue weighted by Gasteiger charge is 2.24. The Hall–Kier alpha value is -3.75. The van der Waals surface area contributed by atoms with Crippen LogP contribution in [0.3, 0.4) is 0 Å². The third-order valence-electron chi connectivity index (χ3n) is 5.40. The van der Waals surface area contributed by atoms with Crippen molar-refractivity contribution < 1.29 is 23.9 Å². The molecule has 1 N–H and O–H groups in total. The summed E-state index contributed by atoms with van der Waals surface area (Å²) in [5, 5.41) is 1.15. The summed E-state index contributed by atoms with van der Waals surface area (Å²) >= 11 is 0. The molecule has 3 rings (SSSR count). The fourth-order valence-electron chi connectivity index (χ4n) is 3.54. The number of anilines is 1. The van der Waals surface area contributed by atoms with Gasteiger partial charge in [0.2, 0.25) is 0 Å². The number of hydrogen-bond donors (Lipinski definition) is 1. The normalized spacial score (nSPS) is 13.7. The molecule has 2 aromatic rings. The van der Waals surface area contributed by atoms with Gasteiger partial charge in [0, 0.05) is 44.0 Å². The number of amides is 3. The third kappa shape index (κ3) is 7.63. The monoisotopic (exact) mass is 482 g/mol. The molecule has 0 aliphatic carbocycles. The second-order valence-corrected chi connectivity index (χ2v) is 9.23. The first-order valence-corrected chi connectivity index (χ1v) is 11.8. The number of carbonyl (C=O) groups is 3. The molecule has 1 heterocycles. The summed E-state index contributed by atoms with van der Waals surface area (Å²) in [5.41, 5.74) is 4.28. The topological polar surface area (TPSA) is 91.4 Å². The minimum atomic E-state index is -0.653. The molecule has 0 aromatic heterocycles. The van der Waals surface area contributed by atoms with E-state index in [1.807, 2.05) is 42.5 Å². The summed E-state index contributed by atoms with van der Waals surface area (Å²) in [4.78, 5) is 41.1. The van der Waals surface area contributed by atoms with Crippen LogP contribution in [0.4, 0.5) is 15.3 Å².